The normalized spacial score (nSPS) is 30.4. The number of hydrogen-bond donors (Lipinski definition) is 5. The van der Waals surface area contributed by atoms with Crippen molar-refractivity contribution in [2.45, 2.75) is 134 Å². The first-order chi connectivity index (χ1) is 25.6. The Hall–Kier alpha value is -2.57. The molecule has 0 saturated carbocycles. The van der Waals surface area contributed by atoms with Gasteiger partial charge < -0.3 is 40.2 Å². The second-order valence-electron chi connectivity index (χ2n) is 15.5. The van der Waals surface area contributed by atoms with Crippen molar-refractivity contribution in [3.8, 4) is 0 Å². The van der Waals surface area contributed by atoms with E-state index < -0.39 is 35.4 Å². The Balaban J connectivity index is 1.69. The van der Waals surface area contributed by atoms with Crippen molar-refractivity contribution in [3.63, 3.8) is 0 Å². The summed E-state index contributed by atoms with van der Waals surface area (Å²) in [5, 5.41) is 41.0. The molecule has 2 aromatic rings. The molecule has 0 bridgehead atoms. The molecule has 5 N–H and O–H groups in total. The third-order valence-corrected chi connectivity index (χ3v) is 11.5. The lowest BCUT2D eigenvalue weighted by molar-refractivity contribution is -0.151. The average molecular weight is 788 g/mol. The second-order valence-corrected chi connectivity index (χ2v) is 16.4. The van der Waals surface area contributed by atoms with Crippen molar-refractivity contribution >= 4 is 29.2 Å². The average Bonchev–Trinajstić information content (AvgIpc) is 3.93. The molecule has 298 valence electrons. The number of epoxide rings is 1. The molecule has 2 aliphatic heterocycles. The van der Waals surface area contributed by atoms with Gasteiger partial charge in [0.05, 0.1) is 41.9 Å². The zero-order valence-corrected chi connectivity index (χ0v) is 34.2. The first-order valence-electron chi connectivity index (χ1n) is 19.0. The van der Waals surface area contributed by atoms with Gasteiger partial charge in [-0.3, -0.25) is 4.79 Å². The van der Waals surface area contributed by atoms with Crippen molar-refractivity contribution in [2.75, 3.05) is 7.11 Å². The first kappa shape index (κ1) is 44.1. The largest absolute Gasteiger partial charge is 0.457 e. The minimum Gasteiger partial charge on any atom is -0.457 e. The Bertz CT molecular complexity index is 1580. The summed E-state index contributed by atoms with van der Waals surface area (Å²) >= 11 is 12.4. The molecule has 9 nitrogen and oxygen atoms in total. The molecule has 2 heterocycles. The number of halogens is 2. The van der Waals surface area contributed by atoms with Crippen LogP contribution in [0.25, 0.3) is 0 Å². The number of carbonyl (C=O) groups is 1. The van der Waals surface area contributed by atoms with Crippen LogP contribution in [-0.4, -0.2) is 82.2 Å². The van der Waals surface area contributed by atoms with E-state index >= 15 is 0 Å². The fourth-order valence-corrected chi connectivity index (χ4v) is 7.50. The number of esters is 1. The van der Waals surface area contributed by atoms with Gasteiger partial charge in [-0.05, 0) is 81.0 Å². The molecule has 4 rings (SSSR count). The van der Waals surface area contributed by atoms with Crippen molar-refractivity contribution in [1.82, 2.24) is 10.6 Å². The third-order valence-electron chi connectivity index (χ3n) is 11.0. The van der Waals surface area contributed by atoms with E-state index in [1.165, 1.54) is 13.0 Å². The minimum atomic E-state index is -1.45. The Morgan fingerprint density at radius 1 is 1.06 bits per heavy atom. The van der Waals surface area contributed by atoms with Gasteiger partial charge in [0.25, 0.3) is 0 Å². The van der Waals surface area contributed by atoms with Crippen molar-refractivity contribution < 1.29 is 34.3 Å². The minimum absolute atomic E-state index is 0.0188. The molecule has 0 aliphatic carbocycles. The number of aliphatic hydroxyl groups excluding tert-OH is 2. The van der Waals surface area contributed by atoms with E-state index in [9.17, 15) is 20.1 Å². The van der Waals surface area contributed by atoms with Gasteiger partial charge in [0.1, 0.15) is 18.3 Å². The molecule has 2 aliphatic rings. The molecule has 0 radical (unpaired) electrons. The highest BCUT2D eigenvalue weighted by Gasteiger charge is 2.54. The molecule has 11 heteroatoms. The zero-order chi connectivity index (χ0) is 39.6. The Labute approximate surface area is 331 Å². The van der Waals surface area contributed by atoms with Gasteiger partial charge in [-0.2, -0.15) is 0 Å². The SMILES string of the molecule is CC[C@H](OC)[C@@H](C)[C@H]1O[C@@H]1C(NCc1ccc(Cl)cc1)C(C)(/C=C/C=C(\C)[C@H]1OC(=O)C[C@H](O)CC[C@@](C)(O)[C@@H](O)/C=C/[C@@H]1C)NCc1ccc(Cl)cc1. The van der Waals surface area contributed by atoms with Crippen LogP contribution in [0.3, 0.4) is 0 Å². The summed E-state index contributed by atoms with van der Waals surface area (Å²) in [6.07, 6.45) is 7.36. The molecular weight excluding hydrogens is 727 g/mol. The Morgan fingerprint density at radius 3 is 2.26 bits per heavy atom. The predicted octanol–water partition coefficient (Wildman–Crippen LogP) is 7.09. The van der Waals surface area contributed by atoms with E-state index in [1.54, 1.807) is 13.2 Å². The maximum atomic E-state index is 13.0. The summed E-state index contributed by atoms with van der Waals surface area (Å²) in [4.78, 5) is 13.0. The number of carbonyl (C=O) groups excluding carboxylic acids is 1. The standard InChI is InChI=1S/C43H60Cl2N2O7/c1-8-35(52-7)29(4)39-40(54-39)41(46-25-30-12-16-32(44)17-13-30)42(5,47-26-31-14-18-33(45)19-15-31)22-9-10-27(2)38-28(3)11-20-36(49)43(6,51)23-21-34(48)24-37(50)53-38/h9-20,22,28-29,34-36,38-41,46-49,51H,8,21,23-26H2,1-7H3/b20-11+,22-9+,27-10+/t28-,29+,34+,35-,36-,38+,39+,40-,41?,42?,43+/m0/s1. The van der Waals surface area contributed by atoms with Gasteiger partial charge in [0.2, 0.25) is 0 Å². The summed E-state index contributed by atoms with van der Waals surface area (Å²) in [6, 6.07) is 15.4. The fourth-order valence-electron chi connectivity index (χ4n) is 7.25. The molecule has 2 aromatic carbocycles. The van der Waals surface area contributed by atoms with Crippen LogP contribution in [0.4, 0.5) is 0 Å². The van der Waals surface area contributed by atoms with Crippen LogP contribution >= 0.6 is 23.2 Å². The molecule has 0 amide bonds. The molecule has 11 atom stereocenters. The number of methoxy groups -OCH3 is 1. The second kappa shape index (κ2) is 20.0. The molecule has 1 fully saturated rings. The van der Waals surface area contributed by atoms with E-state index in [4.69, 9.17) is 37.4 Å². The van der Waals surface area contributed by atoms with Gasteiger partial charge in [0.15, 0.2) is 0 Å². The first-order valence-corrected chi connectivity index (χ1v) is 19.8. The van der Waals surface area contributed by atoms with E-state index in [0.29, 0.717) is 23.1 Å². The Kier molecular flexibility index (Phi) is 16.4. The zero-order valence-electron chi connectivity index (χ0n) is 32.7. The highest BCUT2D eigenvalue weighted by Crippen LogP contribution is 2.39. The van der Waals surface area contributed by atoms with Crippen LogP contribution in [0.1, 0.15) is 78.4 Å². The predicted molar refractivity (Wildman–Crippen MR) is 215 cm³/mol. The van der Waals surface area contributed by atoms with E-state index in [0.717, 1.165) is 23.1 Å². The number of nitrogens with one attached hydrogen (secondary N) is 2. The summed E-state index contributed by atoms with van der Waals surface area (Å²) < 4.78 is 18.3. The molecule has 0 aromatic heterocycles. The van der Waals surface area contributed by atoms with Crippen LogP contribution in [0.2, 0.25) is 10.0 Å². The number of cyclic esters (lactones) is 1. The van der Waals surface area contributed by atoms with Crippen LogP contribution in [0.5, 0.6) is 0 Å². The van der Waals surface area contributed by atoms with E-state index in [-0.39, 0.29) is 55.5 Å². The monoisotopic (exact) mass is 786 g/mol. The third kappa shape index (κ3) is 12.5. The highest BCUT2D eigenvalue weighted by atomic mass is 35.5. The number of aliphatic hydroxyl groups is 3. The van der Waals surface area contributed by atoms with E-state index in [1.807, 2.05) is 74.5 Å². The van der Waals surface area contributed by atoms with Gasteiger partial charge >= 0.3 is 5.97 Å². The molecule has 0 spiro atoms. The number of benzene rings is 2. The Morgan fingerprint density at radius 2 is 1.67 bits per heavy atom. The topological polar surface area (TPSA) is 133 Å². The summed E-state index contributed by atoms with van der Waals surface area (Å²) in [7, 11) is 1.75. The van der Waals surface area contributed by atoms with Gasteiger partial charge in [-0.15, -0.1) is 0 Å². The van der Waals surface area contributed by atoms with Crippen molar-refractivity contribution in [1.29, 1.82) is 0 Å². The number of allylic oxidation sites excluding steroid dienone is 2. The van der Waals surface area contributed by atoms with Crippen LogP contribution in [-0.2, 0) is 32.1 Å². The smallest absolute Gasteiger partial charge is 0.309 e. The number of hydrogen-bond acceptors (Lipinski definition) is 9. The van der Waals surface area contributed by atoms with E-state index in [2.05, 4.69) is 37.5 Å². The lowest BCUT2D eigenvalue weighted by Gasteiger charge is -2.37. The van der Waals surface area contributed by atoms with Crippen molar-refractivity contribution in [3.05, 3.63) is 106 Å². The summed E-state index contributed by atoms with van der Waals surface area (Å²) in [5.41, 5.74) is 0.814. The number of ether oxygens (including phenoxy) is 3. The van der Waals surface area contributed by atoms with Crippen molar-refractivity contribution in [2.24, 2.45) is 11.8 Å². The van der Waals surface area contributed by atoms with Crippen LogP contribution < -0.4 is 10.6 Å². The fraction of sp³-hybridized carbons (Fsp3) is 0.558. The number of rotatable bonds is 15. The van der Waals surface area contributed by atoms with Crippen LogP contribution in [0, 0.1) is 11.8 Å². The molecule has 1 saturated heterocycles. The van der Waals surface area contributed by atoms with Gasteiger partial charge in [-0.1, -0.05) is 98.6 Å². The maximum absolute atomic E-state index is 13.0. The molecule has 54 heavy (non-hydrogen) atoms. The van der Waals surface area contributed by atoms with Gasteiger partial charge in [0, 0.05) is 42.1 Å². The lowest BCUT2D eigenvalue weighted by atomic mass is 9.84. The molecule has 2 unspecified atom stereocenters. The van der Waals surface area contributed by atoms with Crippen LogP contribution in [0.15, 0.2) is 84.5 Å². The summed E-state index contributed by atoms with van der Waals surface area (Å²) in [5.74, 6) is -0.695. The summed E-state index contributed by atoms with van der Waals surface area (Å²) in [6.45, 7) is 12.9. The van der Waals surface area contributed by atoms with Gasteiger partial charge in [-0.25, -0.2) is 0 Å². The maximum Gasteiger partial charge on any atom is 0.309 e. The molecular formula is C43H60Cl2N2O7. The lowest BCUT2D eigenvalue weighted by Crippen LogP contribution is -2.59. The quantitative estimate of drug-likeness (QED) is 0.0556. The highest BCUT2D eigenvalue weighted by molar-refractivity contribution is 6.30.